The molecular weight excluding hydrogens is 397 g/mol. The number of rotatable bonds is 5. The first kappa shape index (κ1) is 64.0. The van der Waals surface area contributed by atoms with Crippen LogP contribution >= 0.6 is 0 Å². The summed E-state index contributed by atoms with van der Waals surface area (Å²) in [7, 11) is 0. The molecule has 0 aromatic carbocycles. The number of aliphatic hydroxyl groups is 1. The van der Waals surface area contributed by atoms with Gasteiger partial charge in [0.1, 0.15) is 5.60 Å². The van der Waals surface area contributed by atoms with E-state index in [1.807, 2.05) is 0 Å². The summed E-state index contributed by atoms with van der Waals surface area (Å²) >= 11 is 0. The summed E-state index contributed by atoms with van der Waals surface area (Å²) in [6, 6.07) is 0. The molecule has 0 aromatic heterocycles. The van der Waals surface area contributed by atoms with Gasteiger partial charge in [0, 0.05) is 24.8 Å². The summed E-state index contributed by atoms with van der Waals surface area (Å²) in [4.78, 5) is 30.0. The normalized spacial score (nSPS) is 6.41. The van der Waals surface area contributed by atoms with Gasteiger partial charge in [-0.15, -0.1) is 0 Å². The maximum Gasteiger partial charge on any atom is 1.00 e. The minimum Gasteiger partial charge on any atom is -0.550 e. The molecule has 0 heterocycles. The number of carboxylic acid groups (broad SMARTS) is 3. The SMILES string of the molecule is O.O.O.O.O.O.O=C([O-])CC(O)(CC(=O)[O-])C(=O)[O-].[K+].[K+].[K+]. The maximum absolute atomic E-state index is 10.1. The Labute approximate surface area is 252 Å². The van der Waals surface area contributed by atoms with Gasteiger partial charge in [0.15, 0.2) is 0 Å². The van der Waals surface area contributed by atoms with Crippen molar-refractivity contribution in [3.8, 4) is 0 Å². The summed E-state index contributed by atoms with van der Waals surface area (Å²) in [5.74, 6) is -5.98. The van der Waals surface area contributed by atoms with Crippen LogP contribution in [0.25, 0.3) is 0 Å². The fraction of sp³-hybridized carbons (Fsp3) is 0.500. The van der Waals surface area contributed by atoms with E-state index in [1.165, 1.54) is 0 Å². The van der Waals surface area contributed by atoms with Crippen LogP contribution in [0.5, 0.6) is 0 Å². The molecular formula is C6H17K3O13. The Morgan fingerprint density at radius 2 is 0.864 bits per heavy atom. The van der Waals surface area contributed by atoms with E-state index in [2.05, 4.69) is 0 Å². The van der Waals surface area contributed by atoms with E-state index < -0.39 is 36.4 Å². The van der Waals surface area contributed by atoms with E-state index in [9.17, 15) is 29.7 Å². The minimum absolute atomic E-state index is 0. The van der Waals surface area contributed by atoms with Gasteiger partial charge >= 0.3 is 154 Å². The molecule has 0 saturated carbocycles. The number of carbonyl (C=O) groups is 3. The van der Waals surface area contributed by atoms with Crippen LogP contribution < -0.4 is 169 Å². The van der Waals surface area contributed by atoms with Gasteiger partial charge in [-0.05, 0) is 0 Å². The molecule has 13 N–H and O–H groups in total. The van der Waals surface area contributed by atoms with Gasteiger partial charge in [-0.1, -0.05) is 0 Å². The van der Waals surface area contributed by atoms with Gasteiger partial charge < -0.3 is 67.7 Å². The predicted molar refractivity (Wildman–Crippen MR) is 50.9 cm³/mol. The van der Waals surface area contributed by atoms with Crippen molar-refractivity contribution in [1.29, 1.82) is 0 Å². The third-order valence-electron chi connectivity index (χ3n) is 1.25. The number of hydrogen-bond donors (Lipinski definition) is 1. The first-order valence-electron chi connectivity index (χ1n) is 3.11. The molecule has 0 unspecified atom stereocenters. The van der Waals surface area contributed by atoms with Gasteiger partial charge in [-0.3, -0.25) is 0 Å². The molecule has 0 atom stereocenters. The molecule has 0 rings (SSSR count). The summed E-state index contributed by atoms with van der Waals surface area (Å²) in [6.07, 6.45) is -2.72. The molecule has 0 aliphatic rings. The maximum atomic E-state index is 10.1. The van der Waals surface area contributed by atoms with Crippen molar-refractivity contribution in [2.45, 2.75) is 18.4 Å². The minimum atomic E-state index is -2.97. The molecule has 0 amide bonds. The van der Waals surface area contributed by atoms with Gasteiger partial charge in [-0.2, -0.15) is 0 Å². The third kappa shape index (κ3) is 30.9. The standard InChI is InChI=1S/C6H8O7.3K.6H2O/c7-3(8)1-6(13,5(11)12)2-4(9)10;;;;;;;;;/h13H,1-2H2,(H,7,8)(H,9,10)(H,11,12);;;;6*1H2/q;3*+1;;;;;;/p-3. The van der Waals surface area contributed by atoms with Crippen LogP contribution in [0.15, 0.2) is 0 Å². The summed E-state index contributed by atoms with van der Waals surface area (Å²) in [6.45, 7) is 0. The van der Waals surface area contributed by atoms with Crippen LogP contribution in [0, 0.1) is 0 Å². The van der Waals surface area contributed by atoms with Crippen molar-refractivity contribution < 1.29 is 222 Å². The fourth-order valence-electron chi connectivity index (χ4n) is 0.684. The molecule has 0 saturated heterocycles. The molecule has 122 valence electrons. The fourth-order valence-corrected chi connectivity index (χ4v) is 0.684. The zero-order chi connectivity index (χ0) is 10.6. The largest absolute Gasteiger partial charge is 1.00 e. The van der Waals surface area contributed by atoms with E-state index in [-0.39, 0.29) is 187 Å². The molecule has 0 aromatic rings. The Morgan fingerprint density at radius 3 is 0.955 bits per heavy atom. The Bertz CT molecular complexity index is 244. The summed E-state index contributed by atoms with van der Waals surface area (Å²) in [5, 5.41) is 38.9. The smallest absolute Gasteiger partial charge is 0.550 e. The van der Waals surface area contributed by atoms with Gasteiger partial charge in [-0.25, -0.2) is 0 Å². The Balaban J connectivity index is -0.0000000200. The zero-order valence-electron chi connectivity index (χ0n) is 12.3. The van der Waals surface area contributed by atoms with Gasteiger partial charge in [0.25, 0.3) is 0 Å². The quantitative estimate of drug-likeness (QED) is 0.422. The van der Waals surface area contributed by atoms with Crippen molar-refractivity contribution in [3.05, 3.63) is 0 Å². The second kappa shape index (κ2) is 31.8. The van der Waals surface area contributed by atoms with Crippen molar-refractivity contribution in [3.63, 3.8) is 0 Å². The second-order valence-electron chi connectivity index (χ2n) is 2.42. The second-order valence-corrected chi connectivity index (χ2v) is 2.42. The Hall–Kier alpha value is 3.04. The molecule has 0 radical (unpaired) electrons. The van der Waals surface area contributed by atoms with Gasteiger partial charge in [0.05, 0.1) is 5.97 Å². The zero-order valence-corrected chi connectivity index (χ0v) is 21.7. The number of carbonyl (C=O) groups excluding carboxylic acids is 3. The van der Waals surface area contributed by atoms with E-state index in [1.54, 1.807) is 0 Å². The first-order chi connectivity index (χ1) is 5.78. The van der Waals surface area contributed by atoms with E-state index in [0.29, 0.717) is 0 Å². The first-order valence-corrected chi connectivity index (χ1v) is 3.11. The number of carboxylic acids is 3. The molecule has 0 aliphatic carbocycles. The van der Waals surface area contributed by atoms with Crippen molar-refractivity contribution in [2.75, 3.05) is 0 Å². The van der Waals surface area contributed by atoms with Gasteiger partial charge in [0.2, 0.25) is 0 Å². The molecule has 16 heteroatoms. The number of hydrogen-bond acceptors (Lipinski definition) is 7. The average Bonchev–Trinajstić information content (AvgIpc) is 1.82. The molecule has 13 nitrogen and oxygen atoms in total. The van der Waals surface area contributed by atoms with E-state index >= 15 is 0 Å². The van der Waals surface area contributed by atoms with E-state index in [4.69, 9.17) is 5.11 Å². The molecule has 0 bridgehead atoms. The monoisotopic (exact) mass is 414 g/mol. The molecule has 0 aliphatic heterocycles. The summed E-state index contributed by atoms with van der Waals surface area (Å²) in [5.41, 5.74) is -2.97. The molecule has 22 heavy (non-hydrogen) atoms. The Kier molecular flexibility index (Phi) is 92.4. The molecule has 0 spiro atoms. The van der Waals surface area contributed by atoms with Crippen molar-refractivity contribution >= 4 is 17.9 Å². The third-order valence-corrected chi connectivity index (χ3v) is 1.25. The van der Waals surface area contributed by atoms with Crippen LogP contribution in [-0.4, -0.2) is 61.5 Å². The van der Waals surface area contributed by atoms with Crippen molar-refractivity contribution in [2.24, 2.45) is 0 Å². The number of aliphatic carboxylic acids is 3. The molecule has 0 fully saturated rings. The average molecular weight is 414 g/mol. The van der Waals surface area contributed by atoms with Crippen LogP contribution in [0.1, 0.15) is 12.8 Å². The summed E-state index contributed by atoms with van der Waals surface area (Å²) < 4.78 is 0. The van der Waals surface area contributed by atoms with E-state index in [0.717, 1.165) is 0 Å². The van der Waals surface area contributed by atoms with Crippen LogP contribution in [0.4, 0.5) is 0 Å². The van der Waals surface area contributed by atoms with Crippen LogP contribution in [-0.2, 0) is 14.4 Å². The van der Waals surface area contributed by atoms with Crippen molar-refractivity contribution in [1.82, 2.24) is 0 Å². The topological polar surface area (TPSA) is 330 Å². The van der Waals surface area contributed by atoms with Crippen LogP contribution in [0.3, 0.4) is 0 Å². The van der Waals surface area contributed by atoms with Crippen LogP contribution in [0.2, 0.25) is 0 Å². The predicted octanol–water partition coefficient (Wildman–Crippen LogP) is -19.2. The Morgan fingerprint density at radius 1 is 0.682 bits per heavy atom.